The molecule has 0 amide bonds. The fourth-order valence-corrected chi connectivity index (χ4v) is 1.89. The van der Waals surface area contributed by atoms with Crippen LogP contribution in [0.3, 0.4) is 0 Å². The second kappa shape index (κ2) is 3.81. The van der Waals surface area contributed by atoms with Gasteiger partial charge in [-0.1, -0.05) is 17.7 Å². The number of aryl methyl sites for hydroxylation is 2. The number of benzene rings is 1. The lowest BCUT2D eigenvalue weighted by Crippen LogP contribution is -2.24. The van der Waals surface area contributed by atoms with Crippen molar-refractivity contribution in [2.75, 3.05) is 11.9 Å². The fraction of sp³-hybridized carbons (Fsp3) is 0.462. The van der Waals surface area contributed by atoms with Crippen molar-refractivity contribution in [1.29, 1.82) is 0 Å². The maximum Gasteiger partial charge on any atom is 0.311 e. The van der Waals surface area contributed by atoms with Gasteiger partial charge in [-0.25, -0.2) is 0 Å². The quantitative estimate of drug-likeness (QED) is 0.818. The van der Waals surface area contributed by atoms with E-state index in [4.69, 9.17) is 5.11 Å². The van der Waals surface area contributed by atoms with Crippen molar-refractivity contribution >= 4 is 11.7 Å². The number of rotatable bonds is 4. The number of hydrogen-bond donors (Lipinski definition) is 2. The van der Waals surface area contributed by atoms with E-state index in [0.29, 0.717) is 6.54 Å². The highest BCUT2D eigenvalue weighted by Gasteiger charge is 2.49. The van der Waals surface area contributed by atoms with Gasteiger partial charge in [-0.3, -0.25) is 4.79 Å². The van der Waals surface area contributed by atoms with Gasteiger partial charge in [0.15, 0.2) is 0 Å². The zero-order valence-corrected chi connectivity index (χ0v) is 9.71. The smallest absolute Gasteiger partial charge is 0.311 e. The van der Waals surface area contributed by atoms with E-state index in [1.807, 2.05) is 19.1 Å². The van der Waals surface area contributed by atoms with Crippen molar-refractivity contribution in [3.05, 3.63) is 29.3 Å². The Balaban J connectivity index is 2.03. The molecule has 1 aromatic rings. The summed E-state index contributed by atoms with van der Waals surface area (Å²) in [4.78, 5) is 11.0. The van der Waals surface area contributed by atoms with Crippen LogP contribution in [0.1, 0.15) is 24.0 Å². The number of hydrogen-bond acceptors (Lipinski definition) is 2. The van der Waals surface area contributed by atoms with Gasteiger partial charge in [0, 0.05) is 12.2 Å². The number of carboxylic acid groups (broad SMARTS) is 1. The molecule has 0 radical (unpaired) electrons. The normalized spacial score (nSPS) is 16.9. The van der Waals surface area contributed by atoms with E-state index < -0.39 is 11.4 Å². The first kappa shape index (κ1) is 11.0. The summed E-state index contributed by atoms with van der Waals surface area (Å²) in [6, 6.07) is 6.15. The molecule has 1 aromatic carbocycles. The Morgan fingerprint density at radius 2 is 2.12 bits per heavy atom. The molecule has 0 unspecified atom stereocenters. The van der Waals surface area contributed by atoms with Crippen molar-refractivity contribution in [2.45, 2.75) is 26.7 Å². The third-order valence-corrected chi connectivity index (χ3v) is 3.31. The molecular formula is C13H17NO2. The Kier molecular flexibility index (Phi) is 2.62. The van der Waals surface area contributed by atoms with Crippen LogP contribution in [-0.4, -0.2) is 17.6 Å². The van der Waals surface area contributed by atoms with E-state index in [2.05, 4.69) is 18.3 Å². The summed E-state index contributed by atoms with van der Waals surface area (Å²) in [5.41, 5.74) is 2.93. The molecule has 1 aliphatic carbocycles. The van der Waals surface area contributed by atoms with Crippen molar-refractivity contribution in [3.63, 3.8) is 0 Å². The number of aliphatic carboxylic acids is 1. The third kappa shape index (κ3) is 2.03. The number of nitrogens with one attached hydrogen (secondary N) is 1. The average Bonchev–Trinajstić information content (AvgIpc) is 2.97. The van der Waals surface area contributed by atoms with Gasteiger partial charge in [0.1, 0.15) is 0 Å². The summed E-state index contributed by atoms with van der Waals surface area (Å²) >= 11 is 0. The predicted molar refractivity (Wildman–Crippen MR) is 63.7 cm³/mol. The van der Waals surface area contributed by atoms with Gasteiger partial charge in [0.2, 0.25) is 0 Å². The fourth-order valence-electron chi connectivity index (χ4n) is 1.89. The van der Waals surface area contributed by atoms with Crippen molar-refractivity contribution in [3.8, 4) is 0 Å². The molecule has 0 saturated heterocycles. The summed E-state index contributed by atoms with van der Waals surface area (Å²) in [7, 11) is 0. The molecule has 86 valence electrons. The second-order valence-corrected chi connectivity index (χ2v) is 4.76. The van der Waals surface area contributed by atoms with E-state index in [1.165, 1.54) is 11.1 Å². The summed E-state index contributed by atoms with van der Waals surface area (Å²) in [6.45, 7) is 4.62. The highest BCUT2D eigenvalue weighted by atomic mass is 16.4. The van der Waals surface area contributed by atoms with Gasteiger partial charge in [0.25, 0.3) is 0 Å². The van der Waals surface area contributed by atoms with Crippen LogP contribution >= 0.6 is 0 Å². The Morgan fingerprint density at radius 1 is 1.44 bits per heavy atom. The summed E-state index contributed by atoms with van der Waals surface area (Å²) < 4.78 is 0. The standard InChI is InChI=1S/C13H17NO2/c1-9-3-4-11(10(2)7-9)14-8-13(5-6-13)12(15)16/h3-4,7,14H,5-6,8H2,1-2H3,(H,15,16). The molecule has 3 heteroatoms. The molecule has 0 aliphatic heterocycles. The molecule has 1 saturated carbocycles. The van der Waals surface area contributed by atoms with Crippen LogP contribution in [-0.2, 0) is 4.79 Å². The van der Waals surface area contributed by atoms with Gasteiger partial charge in [-0.15, -0.1) is 0 Å². The topological polar surface area (TPSA) is 49.3 Å². The van der Waals surface area contributed by atoms with Crippen LogP contribution in [0.2, 0.25) is 0 Å². The molecular weight excluding hydrogens is 202 g/mol. The molecule has 2 N–H and O–H groups in total. The minimum atomic E-state index is -0.676. The molecule has 0 aromatic heterocycles. The van der Waals surface area contributed by atoms with Gasteiger partial charge in [-0.2, -0.15) is 0 Å². The van der Waals surface area contributed by atoms with Crippen LogP contribution in [0.4, 0.5) is 5.69 Å². The highest BCUT2D eigenvalue weighted by molar-refractivity contribution is 5.78. The first-order chi connectivity index (χ1) is 7.53. The summed E-state index contributed by atoms with van der Waals surface area (Å²) in [5.74, 6) is -0.676. The van der Waals surface area contributed by atoms with Crippen LogP contribution in [0.15, 0.2) is 18.2 Å². The van der Waals surface area contributed by atoms with E-state index in [-0.39, 0.29) is 0 Å². The SMILES string of the molecule is Cc1ccc(NCC2(C(=O)O)CC2)c(C)c1. The van der Waals surface area contributed by atoms with Crippen LogP contribution in [0.25, 0.3) is 0 Å². The molecule has 0 atom stereocenters. The number of carbonyl (C=O) groups is 1. The Hall–Kier alpha value is -1.51. The van der Waals surface area contributed by atoms with Crippen molar-refractivity contribution < 1.29 is 9.90 Å². The molecule has 1 aliphatic rings. The van der Waals surface area contributed by atoms with E-state index >= 15 is 0 Å². The first-order valence-electron chi connectivity index (χ1n) is 5.58. The minimum Gasteiger partial charge on any atom is -0.481 e. The molecule has 16 heavy (non-hydrogen) atoms. The lowest BCUT2D eigenvalue weighted by molar-refractivity contribution is -0.142. The van der Waals surface area contributed by atoms with Crippen LogP contribution in [0.5, 0.6) is 0 Å². The van der Waals surface area contributed by atoms with E-state index in [9.17, 15) is 4.79 Å². The summed E-state index contributed by atoms with van der Waals surface area (Å²) in [6.07, 6.45) is 1.58. The zero-order valence-electron chi connectivity index (χ0n) is 9.71. The molecule has 0 spiro atoms. The van der Waals surface area contributed by atoms with Gasteiger partial charge >= 0.3 is 5.97 Å². The minimum absolute atomic E-state index is 0.503. The molecule has 3 nitrogen and oxygen atoms in total. The molecule has 1 fully saturated rings. The Bertz CT molecular complexity index is 422. The van der Waals surface area contributed by atoms with E-state index in [0.717, 1.165) is 18.5 Å². The maximum atomic E-state index is 11.0. The second-order valence-electron chi connectivity index (χ2n) is 4.76. The average molecular weight is 219 g/mol. The lowest BCUT2D eigenvalue weighted by Gasteiger charge is -2.14. The molecule has 2 rings (SSSR count). The van der Waals surface area contributed by atoms with Crippen molar-refractivity contribution in [1.82, 2.24) is 0 Å². The molecule has 0 bridgehead atoms. The Labute approximate surface area is 95.5 Å². The van der Waals surface area contributed by atoms with Gasteiger partial charge < -0.3 is 10.4 Å². The summed E-state index contributed by atoms with van der Waals surface area (Å²) in [5, 5.41) is 12.3. The predicted octanol–water partition coefficient (Wildman–Crippen LogP) is 2.58. The maximum absolute atomic E-state index is 11.0. The zero-order chi connectivity index (χ0) is 11.8. The lowest BCUT2D eigenvalue weighted by atomic mass is 10.1. The number of carboxylic acids is 1. The highest BCUT2D eigenvalue weighted by Crippen LogP contribution is 2.45. The first-order valence-corrected chi connectivity index (χ1v) is 5.58. The van der Waals surface area contributed by atoms with Crippen LogP contribution in [0, 0.1) is 19.3 Å². The van der Waals surface area contributed by atoms with Crippen LogP contribution < -0.4 is 5.32 Å². The Morgan fingerprint density at radius 3 is 2.62 bits per heavy atom. The largest absolute Gasteiger partial charge is 0.481 e. The van der Waals surface area contributed by atoms with Crippen molar-refractivity contribution in [2.24, 2.45) is 5.41 Å². The third-order valence-electron chi connectivity index (χ3n) is 3.31. The van der Waals surface area contributed by atoms with Gasteiger partial charge in [-0.05, 0) is 38.3 Å². The van der Waals surface area contributed by atoms with E-state index in [1.54, 1.807) is 0 Å². The number of anilines is 1. The molecule has 0 heterocycles. The monoisotopic (exact) mass is 219 g/mol. The van der Waals surface area contributed by atoms with Gasteiger partial charge in [0.05, 0.1) is 5.41 Å².